The molecule has 2 aromatic heterocycles. The molecule has 152 valence electrons. The summed E-state index contributed by atoms with van der Waals surface area (Å²) in [6, 6.07) is 1.97. The topological polar surface area (TPSA) is 85.8 Å². The minimum atomic E-state index is -0.184. The number of rotatable bonds is 6. The van der Waals surface area contributed by atoms with Crippen LogP contribution in [0.4, 0.5) is 0 Å². The summed E-state index contributed by atoms with van der Waals surface area (Å²) in [6.07, 6.45) is 4.12. The molecule has 1 aliphatic carbocycles. The molecule has 27 heavy (non-hydrogen) atoms. The Morgan fingerprint density at radius 3 is 2.52 bits per heavy atom. The summed E-state index contributed by atoms with van der Waals surface area (Å²) in [5.74, 6) is 0.444. The lowest BCUT2D eigenvalue weighted by Gasteiger charge is -2.20. The maximum atomic E-state index is 12.8. The van der Waals surface area contributed by atoms with Crippen LogP contribution in [-0.2, 0) is 5.54 Å². The maximum Gasteiger partial charge on any atom is 0.252 e. The van der Waals surface area contributed by atoms with Crippen LogP contribution >= 0.6 is 24.8 Å². The largest absolute Gasteiger partial charge is 0.352 e. The van der Waals surface area contributed by atoms with Gasteiger partial charge in [0.05, 0.1) is 22.2 Å². The molecule has 0 aromatic carbocycles. The van der Waals surface area contributed by atoms with E-state index in [9.17, 15) is 4.79 Å². The lowest BCUT2D eigenvalue weighted by atomic mass is 10.1. The first-order chi connectivity index (χ1) is 11.8. The highest BCUT2D eigenvalue weighted by molar-refractivity contribution is 6.06. The van der Waals surface area contributed by atoms with Crippen LogP contribution in [-0.4, -0.2) is 33.8 Å². The van der Waals surface area contributed by atoms with Gasteiger partial charge in [-0.2, -0.15) is 5.10 Å². The van der Waals surface area contributed by atoms with Gasteiger partial charge < -0.3 is 11.1 Å². The van der Waals surface area contributed by atoms with Gasteiger partial charge in [-0.25, -0.2) is 9.67 Å². The van der Waals surface area contributed by atoms with Gasteiger partial charge in [0.25, 0.3) is 5.91 Å². The molecule has 0 unspecified atom stereocenters. The van der Waals surface area contributed by atoms with Gasteiger partial charge in [0, 0.05) is 18.2 Å². The van der Waals surface area contributed by atoms with Crippen molar-refractivity contribution in [3.8, 4) is 0 Å². The molecule has 6 nitrogen and oxygen atoms in total. The number of amides is 1. The molecule has 1 amide bonds. The molecule has 3 rings (SSSR count). The van der Waals surface area contributed by atoms with Crippen LogP contribution in [0.1, 0.15) is 74.1 Å². The van der Waals surface area contributed by atoms with E-state index in [1.807, 2.05) is 17.7 Å². The van der Waals surface area contributed by atoms with Crippen molar-refractivity contribution in [2.24, 2.45) is 5.73 Å². The number of fused-ring (bicyclic) bond motifs is 1. The van der Waals surface area contributed by atoms with Gasteiger partial charge >= 0.3 is 0 Å². The molecule has 1 saturated carbocycles. The summed E-state index contributed by atoms with van der Waals surface area (Å²) in [5, 5.41) is 8.59. The van der Waals surface area contributed by atoms with E-state index in [1.54, 1.807) is 0 Å². The number of halogens is 2. The van der Waals surface area contributed by atoms with Crippen molar-refractivity contribution in [1.82, 2.24) is 20.1 Å². The van der Waals surface area contributed by atoms with E-state index in [1.165, 1.54) is 0 Å². The summed E-state index contributed by atoms with van der Waals surface area (Å²) >= 11 is 0. The normalized spacial score (nSPS) is 13.8. The lowest BCUT2D eigenvalue weighted by molar-refractivity contribution is 0.0954. The maximum absolute atomic E-state index is 12.8. The third kappa shape index (κ3) is 5.12. The van der Waals surface area contributed by atoms with E-state index in [2.05, 4.69) is 26.1 Å². The van der Waals surface area contributed by atoms with Crippen molar-refractivity contribution in [3.63, 3.8) is 0 Å². The molecule has 2 aromatic rings. The SMILES string of the molecule is Cc1nn(C(C)(C)C)c2nc(C3CC3)cc(C(=O)NCCCCN)c12.Cl.Cl. The van der Waals surface area contributed by atoms with Crippen LogP contribution in [0.15, 0.2) is 6.07 Å². The highest BCUT2D eigenvalue weighted by Crippen LogP contribution is 2.40. The molecule has 3 N–H and O–H groups in total. The number of nitrogens with zero attached hydrogens (tertiary/aromatic N) is 3. The van der Waals surface area contributed by atoms with Crippen molar-refractivity contribution in [2.45, 2.75) is 64.8 Å². The Hall–Kier alpha value is -1.37. The van der Waals surface area contributed by atoms with Crippen LogP contribution < -0.4 is 11.1 Å². The van der Waals surface area contributed by atoms with E-state index in [0.717, 1.165) is 48.1 Å². The summed E-state index contributed by atoms with van der Waals surface area (Å²) in [5.41, 5.74) is 8.73. The fourth-order valence-corrected chi connectivity index (χ4v) is 3.11. The number of pyridine rings is 1. The van der Waals surface area contributed by atoms with E-state index < -0.39 is 0 Å². The van der Waals surface area contributed by atoms with Crippen molar-refractivity contribution in [2.75, 3.05) is 13.1 Å². The molecule has 1 aliphatic rings. The average Bonchev–Trinajstić information content (AvgIpc) is 3.34. The van der Waals surface area contributed by atoms with Gasteiger partial charge in [-0.3, -0.25) is 4.79 Å². The Bertz CT molecular complexity index is 793. The molecule has 8 heteroatoms. The number of hydrogen-bond acceptors (Lipinski definition) is 4. The molecule has 0 bridgehead atoms. The average molecular weight is 416 g/mol. The Morgan fingerprint density at radius 1 is 1.30 bits per heavy atom. The zero-order chi connectivity index (χ0) is 18.2. The fourth-order valence-electron chi connectivity index (χ4n) is 3.11. The minimum Gasteiger partial charge on any atom is -0.352 e. The monoisotopic (exact) mass is 415 g/mol. The second kappa shape index (κ2) is 9.22. The molecule has 0 radical (unpaired) electrons. The Balaban J connectivity index is 0.00000182. The highest BCUT2D eigenvalue weighted by atomic mass is 35.5. The molecule has 0 saturated heterocycles. The molecule has 0 spiro atoms. The summed E-state index contributed by atoms with van der Waals surface area (Å²) in [7, 11) is 0. The first-order valence-corrected chi connectivity index (χ1v) is 9.22. The van der Waals surface area contributed by atoms with Crippen molar-refractivity contribution < 1.29 is 4.79 Å². The number of carbonyl (C=O) groups is 1. The summed E-state index contributed by atoms with van der Waals surface area (Å²) < 4.78 is 1.95. The lowest BCUT2D eigenvalue weighted by Crippen LogP contribution is -2.26. The van der Waals surface area contributed by atoms with Crippen molar-refractivity contribution >= 4 is 41.8 Å². The number of nitrogens with one attached hydrogen (secondary N) is 1. The van der Waals surface area contributed by atoms with E-state index in [0.29, 0.717) is 24.6 Å². The van der Waals surface area contributed by atoms with Gasteiger partial charge in [-0.15, -0.1) is 24.8 Å². The van der Waals surface area contributed by atoms with E-state index in [4.69, 9.17) is 15.8 Å². The van der Waals surface area contributed by atoms with Gasteiger partial charge in [0.1, 0.15) is 0 Å². The second-order valence-corrected chi connectivity index (χ2v) is 7.99. The number of aromatic nitrogens is 3. The summed E-state index contributed by atoms with van der Waals surface area (Å²) in [4.78, 5) is 17.7. The van der Waals surface area contributed by atoms with E-state index >= 15 is 0 Å². The van der Waals surface area contributed by atoms with Crippen molar-refractivity contribution in [3.05, 3.63) is 23.0 Å². The quantitative estimate of drug-likeness (QED) is 0.704. The third-order valence-electron chi connectivity index (χ3n) is 4.62. The fraction of sp³-hybridized carbons (Fsp3) is 0.632. The number of carbonyl (C=O) groups excluding carboxylic acids is 1. The van der Waals surface area contributed by atoms with Crippen LogP contribution in [0, 0.1) is 6.92 Å². The zero-order valence-corrected chi connectivity index (χ0v) is 18.2. The second-order valence-electron chi connectivity index (χ2n) is 7.99. The third-order valence-corrected chi connectivity index (χ3v) is 4.62. The minimum absolute atomic E-state index is 0. The van der Waals surface area contributed by atoms with E-state index in [-0.39, 0.29) is 36.3 Å². The van der Waals surface area contributed by atoms with Gasteiger partial charge in [0.15, 0.2) is 5.65 Å². The first kappa shape index (κ1) is 23.7. The van der Waals surface area contributed by atoms with Crippen LogP contribution in [0.3, 0.4) is 0 Å². The smallest absolute Gasteiger partial charge is 0.252 e. The summed E-state index contributed by atoms with van der Waals surface area (Å²) in [6.45, 7) is 9.57. The molecular weight excluding hydrogens is 385 g/mol. The molecule has 2 heterocycles. The number of nitrogens with two attached hydrogens (primary N) is 1. The Kier molecular flexibility index (Phi) is 8.08. The zero-order valence-electron chi connectivity index (χ0n) is 16.5. The molecule has 1 fully saturated rings. The van der Waals surface area contributed by atoms with Crippen LogP contribution in [0.5, 0.6) is 0 Å². The molecule has 0 aliphatic heterocycles. The number of hydrogen-bond donors (Lipinski definition) is 2. The predicted octanol–water partition coefficient (Wildman–Crippen LogP) is 3.68. The van der Waals surface area contributed by atoms with Gasteiger partial charge in [-0.05, 0) is 66.0 Å². The predicted molar refractivity (Wildman–Crippen MR) is 114 cm³/mol. The van der Waals surface area contributed by atoms with Crippen molar-refractivity contribution in [1.29, 1.82) is 0 Å². The first-order valence-electron chi connectivity index (χ1n) is 9.22. The van der Waals surface area contributed by atoms with Gasteiger partial charge in [-0.1, -0.05) is 0 Å². The number of unbranched alkanes of at least 4 members (excludes halogenated alkanes) is 1. The Morgan fingerprint density at radius 2 is 1.96 bits per heavy atom. The highest BCUT2D eigenvalue weighted by Gasteiger charge is 2.30. The number of aryl methyl sites for hydroxylation is 1. The molecular formula is C19H31Cl2N5O. The van der Waals surface area contributed by atoms with Crippen LogP contribution in [0.2, 0.25) is 0 Å². The van der Waals surface area contributed by atoms with Gasteiger partial charge in [0.2, 0.25) is 0 Å². The van der Waals surface area contributed by atoms with Crippen LogP contribution in [0.25, 0.3) is 11.0 Å². The standard InChI is InChI=1S/C19H29N5O.2ClH/c1-12-16-14(18(25)21-10-6-5-9-20)11-15(13-7-8-13)22-17(16)24(23-12)19(2,3)4;;/h11,13H,5-10,20H2,1-4H3,(H,21,25);2*1H. The molecule has 0 atom stereocenters. The Labute approximate surface area is 173 Å².